The molecule has 0 aromatic carbocycles. The highest BCUT2D eigenvalue weighted by atomic mass is 19.1. The number of halogens is 1. The molecule has 0 aliphatic rings. The Kier molecular flexibility index (Phi) is 1.38. The van der Waals surface area contributed by atoms with Crippen molar-refractivity contribution in [3.63, 3.8) is 0 Å². The van der Waals surface area contributed by atoms with Gasteiger partial charge in [-0.15, -0.1) is 0 Å². The van der Waals surface area contributed by atoms with Crippen LogP contribution in [0.5, 0.6) is 5.88 Å². The lowest BCUT2D eigenvalue weighted by atomic mass is 10.3. The summed E-state index contributed by atoms with van der Waals surface area (Å²) in [7, 11) is 0. The molecule has 3 nitrogen and oxygen atoms in total. The lowest BCUT2D eigenvalue weighted by molar-refractivity contribution is 0.343. The molecule has 0 saturated carbocycles. The van der Waals surface area contributed by atoms with Crippen LogP contribution >= 0.6 is 0 Å². The molecule has 1 rings (SSSR count). The largest absolute Gasteiger partial charge is 0.489 e. The van der Waals surface area contributed by atoms with Gasteiger partial charge in [0.1, 0.15) is 0 Å². The SMILES string of the molecule is CCc1onc(O)c1F. The van der Waals surface area contributed by atoms with E-state index in [1.165, 1.54) is 0 Å². The molecular formula is C5H6FNO2. The zero-order valence-electron chi connectivity index (χ0n) is 4.89. The summed E-state index contributed by atoms with van der Waals surface area (Å²) in [5.41, 5.74) is 0. The summed E-state index contributed by atoms with van der Waals surface area (Å²) >= 11 is 0. The third-order valence-electron chi connectivity index (χ3n) is 1.00. The molecule has 0 aliphatic heterocycles. The summed E-state index contributed by atoms with van der Waals surface area (Å²) < 4.78 is 16.7. The Labute approximate surface area is 51.1 Å². The van der Waals surface area contributed by atoms with Crippen LogP contribution in [-0.4, -0.2) is 10.3 Å². The van der Waals surface area contributed by atoms with E-state index in [0.29, 0.717) is 6.42 Å². The fourth-order valence-electron chi connectivity index (χ4n) is 0.523. The average Bonchev–Trinajstić information content (AvgIpc) is 2.15. The molecule has 50 valence electrons. The van der Waals surface area contributed by atoms with Gasteiger partial charge in [-0.25, -0.2) is 0 Å². The molecule has 1 N–H and O–H groups in total. The molecule has 0 unspecified atom stereocenters. The highest BCUT2D eigenvalue weighted by Gasteiger charge is 2.11. The number of nitrogens with zero attached hydrogens (tertiary/aromatic N) is 1. The van der Waals surface area contributed by atoms with Gasteiger partial charge in [0, 0.05) is 6.42 Å². The number of aryl methyl sites for hydroxylation is 1. The first-order valence-corrected chi connectivity index (χ1v) is 2.58. The van der Waals surface area contributed by atoms with Crippen LogP contribution in [-0.2, 0) is 6.42 Å². The standard InChI is InChI=1S/C5H6FNO2/c1-2-3-4(6)5(8)7-9-3/h2H2,1H3,(H,7,8). The number of aromatic hydroxyl groups is 1. The van der Waals surface area contributed by atoms with E-state index in [1.54, 1.807) is 6.92 Å². The molecular weight excluding hydrogens is 125 g/mol. The van der Waals surface area contributed by atoms with Gasteiger partial charge < -0.3 is 9.63 Å². The summed E-state index contributed by atoms with van der Waals surface area (Å²) in [4.78, 5) is 0. The fourth-order valence-corrected chi connectivity index (χ4v) is 0.523. The second kappa shape index (κ2) is 2.05. The van der Waals surface area contributed by atoms with Crippen molar-refractivity contribution in [1.29, 1.82) is 0 Å². The quantitative estimate of drug-likeness (QED) is 0.620. The maximum Gasteiger partial charge on any atom is 0.288 e. The van der Waals surface area contributed by atoms with E-state index in [0.717, 1.165) is 0 Å². The predicted molar refractivity (Wildman–Crippen MR) is 27.5 cm³/mol. The Hall–Kier alpha value is -1.06. The van der Waals surface area contributed by atoms with Crippen LogP contribution in [0.2, 0.25) is 0 Å². The minimum Gasteiger partial charge on any atom is -0.489 e. The summed E-state index contributed by atoms with van der Waals surface area (Å²) in [5.74, 6) is -1.32. The lowest BCUT2D eigenvalue weighted by Gasteiger charge is -1.81. The number of hydrogen-bond acceptors (Lipinski definition) is 3. The summed E-state index contributed by atoms with van der Waals surface area (Å²) in [6.07, 6.45) is 0.402. The van der Waals surface area contributed by atoms with Gasteiger partial charge in [0.15, 0.2) is 5.76 Å². The van der Waals surface area contributed by atoms with Crippen LogP contribution in [0.4, 0.5) is 4.39 Å². The van der Waals surface area contributed by atoms with Gasteiger partial charge in [-0.1, -0.05) is 6.92 Å². The zero-order chi connectivity index (χ0) is 6.85. The first-order chi connectivity index (χ1) is 4.25. The molecule has 0 amide bonds. The van der Waals surface area contributed by atoms with Crippen LogP contribution in [0.1, 0.15) is 12.7 Å². The average molecular weight is 131 g/mol. The van der Waals surface area contributed by atoms with Crippen molar-refractivity contribution in [2.45, 2.75) is 13.3 Å². The molecule has 1 aromatic rings. The third kappa shape index (κ3) is 0.872. The first kappa shape index (κ1) is 6.07. The molecule has 1 aromatic heterocycles. The molecule has 0 atom stereocenters. The van der Waals surface area contributed by atoms with Gasteiger partial charge in [-0.05, 0) is 5.16 Å². The molecule has 0 fully saturated rings. The van der Waals surface area contributed by atoms with Crippen molar-refractivity contribution in [3.05, 3.63) is 11.6 Å². The smallest absolute Gasteiger partial charge is 0.288 e. The van der Waals surface area contributed by atoms with E-state index in [4.69, 9.17) is 5.11 Å². The van der Waals surface area contributed by atoms with Gasteiger partial charge in [0.05, 0.1) is 0 Å². The van der Waals surface area contributed by atoms with E-state index < -0.39 is 11.7 Å². The highest BCUT2D eigenvalue weighted by Crippen LogP contribution is 2.16. The lowest BCUT2D eigenvalue weighted by Crippen LogP contribution is -1.77. The summed E-state index contributed by atoms with van der Waals surface area (Å²) in [5, 5.41) is 11.5. The number of rotatable bonds is 1. The minimum atomic E-state index is -0.752. The molecule has 0 saturated heterocycles. The maximum absolute atomic E-state index is 12.4. The Balaban J connectivity index is 3.04. The number of hydrogen-bond donors (Lipinski definition) is 1. The number of aromatic nitrogens is 1. The first-order valence-electron chi connectivity index (χ1n) is 2.58. The summed E-state index contributed by atoms with van der Waals surface area (Å²) in [6, 6.07) is 0. The van der Waals surface area contributed by atoms with Crippen LogP contribution in [0, 0.1) is 5.82 Å². The van der Waals surface area contributed by atoms with Crippen LogP contribution < -0.4 is 0 Å². The second-order valence-corrected chi connectivity index (χ2v) is 1.60. The molecule has 0 radical (unpaired) electrons. The van der Waals surface area contributed by atoms with E-state index in [-0.39, 0.29) is 5.76 Å². The minimum absolute atomic E-state index is 0.0903. The normalized spacial score (nSPS) is 10.0. The van der Waals surface area contributed by atoms with Gasteiger partial charge in [0.2, 0.25) is 5.82 Å². The fraction of sp³-hybridized carbons (Fsp3) is 0.400. The topological polar surface area (TPSA) is 46.3 Å². The van der Waals surface area contributed by atoms with E-state index in [1.807, 2.05) is 0 Å². The molecule has 0 aliphatic carbocycles. The van der Waals surface area contributed by atoms with Crippen molar-refractivity contribution >= 4 is 0 Å². The Morgan fingerprint density at radius 3 is 2.67 bits per heavy atom. The van der Waals surface area contributed by atoms with E-state index in [2.05, 4.69) is 9.68 Å². The van der Waals surface area contributed by atoms with Crippen LogP contribution in [0.15, 0.2) is 4.52 Å². The molecule has 9 heavy (non-hydrogen) atoms. The summed E-state index contributed by atoms with van der Waals surface area (Å²) in [6.45, 7) is 1.71. The monoisotopic (exact) mass is 131 g/mol. The Morgan fingerprint density at radius 1 is 1.78 bits per heavy atom. The van der Waals surface area contributed by atoms with E-state index >= 15 is 0 Å². The second-order valence-electron chi connectivity index (χ2n) is 1.60. The van der Waals surface area contributed by atoms with Crippen molar-refractivity contribution in [2.75, 3.05) is 0 Å². The van der Waals surface area contributed by atoms with Crippen molar-refractivity contribution in [2.24, 2.45) is 0 Å². The van der Waals surface area contributed by atoms with Crippen molar-refractivity contribution in [1.82, 2.24) is 5.16 Å². The molecule has 1 heterocycles. The molecule has 4 heteroatoms. The Bertz CT molecular complexity index is 209. The van der Waals surface area contributed by atoms with Crippen LogP contribution in [0.3, 0.4) is 0 Å². The maximum atomic E-state index is 12.4. The van der Waals surface area contributed by atoms with Gasteiger partial charge in [-0.2, -0.15) is 4.39 Å². The van der Waals surface area contributed by atoms with Crippen molar-refractivity contribution < 1.29 is 14.0 Å². The van der Waals surface area contributed by atoms with Gasteiger partial charge in [0.25, 0.3) is 5.88 Å². The predicted octanol–water partition coefficient (Wildman–Crippen LogP) is 1.08. The van der Waals surface area contributed by atoms with Gasteiger partial charge in [-0.3, -0.25) is 0 Å². The van der Waals surface area contributed by atoms with E-state index in [9.17, 15) is 4.39 Å². The van der Waals surface area contributed by atoms with Crippen LogP contribution in [0.25, 0.3) is 0 Å². The third-order valence-corrected chi connectivity index (χ3v) is 1.00. The van der Waals surface area contributed by atoms with Crippen molar-refractivity contribution in [3.8, 4) is 5.88 Å². The molecule has 0 bridgehead atoms. The molecule has 0 spiro atoms. The van der Waals surface area contributed by atoms with Gasteiger partial charge >= 0.3 is 0 Å². The highest BCUT2D eigenvalue weighted by molar-refractivity contribution is 5.12. The zero-order valence-corrected chi connectivity index (χ0v) is 4.89. The Morgan fingerprint density at radius 2 is 2.44 bits per heavy atom.